The van der Waals surface area contributed by atoms with Gasteiger partial charge < -0.3 is 19.4 Å². The van der Waals surface area contributed by atoms with E-state index in [2.05, 4.69) is 34.5 Å². The van der Waals surface area contributed by atoms with Gasteiger partial charge in [0.1, 0.15) is 5.75 Å². The third kappa shape index (κ3) is 5.93. The normalized spacial score (nSPS) is 11.0. The maximum atomic E-state index is 5.55. The highest BCUT2D eigenvalue weighted by atomic mass is 16.5. The van der Waals surface area contributed by atoms with Gasteiger partial charge in [-0.1, -0.05) is 18.2 Å². The van der Waals surface area contributed by atoms with Crippen LogP contribution in [0.1, 0.15) is 18.2 Å². The molecule has 0 aliphatic heterocycles. The number of hydrogen-bond acceptors (Lipinski definition) is 6. The van der Waals surface area contributed by atoms with Gasteiger partial charge in [0.05, 0.1) is 6.54 Å². The molecule has 1 heterocycles. The van der Waals surface area contributed by atoms with Crippen molar-refractivity contribution < 1.29 is 9.15 Å². The van der Waals surface area contributed by atoms with Gasteiger partial charge in [-0.25, -0.2) is 0 Å². The summed E-state index contributed by atoms with van der Waals surface area (Å²) >= 11 is 0. The minimum atomic E-state index is 0.289. The van der Waals surface area contributed by atoms with Crippen molar-refractivity contribution in [2.75, 3.05) is 27.2 Å². The molecule has 0 radical (unpaired) electrons. The fraction of sp³-hybridized carbons (Fsp3) is 0.467. The quantitative estimate of drug-likeness (QED) is 0.709. The number of nitrogens with zero attached hydrogens (tertiary/aromatic N) is 3. The number of para-hydroxylation sites is 1. The zero-order valence-electron chi connectivity index (χ0n) is 12.6. The Morgan fingerprint density at radius 2 is 1.90 bits per heavy atom. The van der Waals surface area contributed by atoms with E-state index < -0.39 is 0 Å². The SMILES string of the molecule is CN(C)CCCNCc1nnc(COc2ccccc2)o1. The zero-order chi connectivity index (χ0) is 14.9. The summed E-state index contributed by atoms with van der Waals surface area (Å²) in [6.45, 7) is 2.87. The molecule has 0 amide bonds. The molecule has 0 saturated heterocycles. The summed E-state index contributed by atoms with van der Waals surface area (Å²) in [5, 5.41) is 11.2. The summed E-state index contributed by atoms with van der Waals surface area (Å²) in [6.07, 6.45) is 1.09. The molecule has 0 spiro atoms. The Bertz CT molecular complexity index is 513. The molecule has 6 heteroatoms. The van der Waals surface area contributed by atoms with Crippen LogP contribution >= 0.6 is 0 Å². The van der Waals surface area contributed by atoms with Crippen molar-refractivity contribution >= 4 is 0 Å². The van der Waals surface area contributed by atoms with Crippen LogP contribution in [0.5, 0.6) is 5.75 Å². The maximum Gasteiger partial charge on any atom is 0.253 e. The number of rotatable bonds is 9. The summed E-state index contributed by atoms with van der Waals surface area (Å²) in [5.74, 6) is 1.87. The van der Waals surface area contributed by atoms with E-state index in [-0.39, 0.29) is 6.61 Å². The number of ether oxygens (including phenoxy) is 1. The molecule has 2 aromatic rings. The van der Waals surface area contributed by atoms with E-state index in [0.717, 1.165) is 25.3 Å². The Morgan fingerprint density at radius 3 is 2.67 bits per heavy atom. The van der Waals surface area contributed by atoms with E-state index in [0.29, 0.717) is 18.3 Å². The van der Waals surface area contributed by atoms with Gasteiger partial charge in [0.25, 0.3) is 5.89 Å². The van der Waals surface area contributed by atoms with Crippen LogP contribution in [0.4, 0.5) is 0 Å². The third-order valence-electron chi connectivity index (χ3n) is 2.85. The molecule has 1 aromatic heterocycles. The Balaban J connectivity index is 1.67. The van der Waals surface area contributed by atoms with E-state index >= 15 is 0 Å². The van der Waals surface area contributed by atoms with Gasteiger partial charge in [-0.2, -0.15) is 0 Å². The number of hydrogen-bond donors (Lipinski definition) is 1. The van der Waals surface area contributed by atoms with Crippen molar-refractivity contribution in [2.45, 2.75) is 19.6 Å². The minimum Gasteiger partial charge on any atom is -0.484 e. The average Bonchev–Trinajstić information content (AvgIpc) is 2.93. The number of aromatic nitrogens is 2. The fourth-order valence-electron chi connectivity index (χ4n) is 1.80. The van der Waals surface area contributed by atoms with Crippen molar-refractivity contribution in [1.82, 2.24) is 20.4 Å². The van der Waals surface area contributed by atoms with Gasteiger partial charge in [0, 0.05) is 0 Å². The summed E-state index contributed by atoms with van der Waals surface area (Å²) in [4.78, 5) is 2.16. The molecule has 0 aliphatic rings. The van der Waals surface area contributed by atoms with Crippen LogP contribution in [0.15, 0.2) is 34.7 Å². The van der Waals surface area contributed by atoms with Gasteiger partial charge in [0.2, 0.25) is 5.89 Å². The lowest BCUT2D eigenvalue weighted by Gasteiger charge is -2.08. The highest BCUT2D eigenvalue weighted by Crippen LogP contribution is 2.11. The topological polar surface area (TPSA) is 63.4 Å². The van der Waals surface area contributed by atoms with E-state index in [4.69, 9.17) is 9.15 Å². The maximum absolute atomic E-state index is 5.55. The molecule has 1 aromatic carbocycles. The standard InChI is InChI=1S/C15H22N4O2/c1-19(2)10-6-9-16-11-14-17-18-15(21-14)12-20-13-7-4-3-5-8-13/h3-5,7-8,16H,6,9-12H2,1-2H3. The summed E-state index contributed by atoms with van der Waals surface area (Å²) < 4.78 is 11.1. The van der Waals surface area contributed by atoms with Crippen LogP contribution in [0, 0.1) is 0 Å². The van der Waals surface area contributed by atoms with Crippen molar-refractivity contribution in [1.29, 1.82) is 0 Å². The lowest BCUT2D eigenvalue weighted by Crippen LogP contribution is -2.21. The predicted octanol–water partition coefficient (Wildman–Crippen LogP) is 1.69. The molecule has 0 saturated carbocycles. The molecular formula is C15H22N4O2. The first-order valence-electron chi connectivity index (χ1n) is 7.08. The highest BCUT2D eigenvalue weighted by Gasteiger charge is 2.06. The minimum absolute atomic E-state index is 0.289. The van der Waals surface area contributed by atoms with Crippen LogP contribution in [-0.2, 0) is 13.2 Å². The summed E-state index contributed by atoms with van der Waals surface area (Å²) in [6, 6.07) is 9.57. The fourth-order valence-corrected chi connectivity index (χ4v) is 1.80. The molecular weight excluding hydrogens is 268 g/mol. The second kappa shape index (κ2) is 8.39. The first kappa shape index (κ1) is 15.5. The molecule has 0 aliphatic carbocycles. The molecule has 114 valence electrons. The lowest BCUT2D eigenvalue weighted by molar-refractivity contribution is 0.258. The summed E-state index contributed by atoms with van der Waals surface area (Å²) in [7, 11) is 4.13. The molecule has 21 heavy (non-hydrogen) atoms. The van der Waals surface area contributed by atoms with Crippen LogP contribution in [-0.4, -0.2) is 42.3 Å². The predicted molar refractivity (Wildman–Crippen MR) is 79.9 cm³/mol. The van der Waals surface area contributed by atoms with E-state index in [1.165, 1.54) is 0 Å². The Hall–Kier alpha value is -1.92. The molecule has 1 N–H and O–H groups in total. The molecule has 2 rings (SSSR count). The Labute approximate surface area is 125 Å². The largest absolute Gasteiger partial charge is 0.484 e. The van der Waals surface area contributed by atoms with Gasteiger partial charge in [-0.05, 0) is 45.7 Å². The van der Waals surface area contributed by atoms with Crippen LogP contribution in [0.2, 0.25) is 0 Å². The average molecular weight is 290 g/mol. The monoisotopic (exact) mass is 290 g/mol. The molecule has 6 nitrogen and oxygen atoms in total. The van der Waals surface area contributed by atoms with Crippen molar-refractivity contribution in [3.05, 3.63) is 42.1 Å². The van der Waals surface area contributed by atoms with Gasteiger partial charge in [-0.3, -0.25) is 0 Å². The van der Waals surface area contributed by atoms with Gasteiger partial charge in [-0.15, -0.1) is 10.2 Å². The van der Waals surface area contributed by atoms with Crippen LogP contribution in [0.3, 0.4) is 0 Å². The zero-order valence-corrected chi connectivity index (χ0v) is 12.6. The highest BCUT2D eigenvalue weighted by molar-refractivity contribution is 5.20. The first-order valence-corrected chi connectivity index (χ1v) is 7.08. The molecule has 0 fully saturated rings. The van der Waals surface area contributed by atoms with Crippen molar-refractivity contribution in [3.8, 4) is 5.75 Å². The van der Waals surface area contributed by atoms with Crippen molar-refractivity contribution in [2.24, 2.45) is 0 Å². The second-order valence-electron chi connectivity index (χ2n) is 5.02. The molecule has 0 unspecified atom stereocenters. The van der Waals surface area contributed by atoms with Gasteiger partial charge >= 0.3 is 0 Å². The van der Waals surface area contributed by atoms with Crippen LogP contribution < -0.4 is 10.1 Å². The first-order chi connectivity index (χ1) is 10.2. The Morgan fingerprint density at radius 1 is 1.14 bits per heavy atom. The van der Waals surface area contributed by atoms with Crippen molar-refractivity contribution in [3.63, 3.8) is 0 Å². The second-order valence-corrected chi connectivity index (χ2v) is 5.02. The molecule has 0 bridgehead atoms. The molecule has 0 atom stereocenters. The number of benzene rings is 1. The smallest absolute Gasteiger partial charge is 0.253 e. The number of nitrogens with one attached hydrogen (secondary N) is 1. The Kier molecular flexibility index (Phi) is 6.18. The van der Waals surface area contributed by atoms with E-state index in [1.807, 2.05) is 30.3 Å². The lowest BCUT2D eigenvalue weighted by atomic mass is 10.3. The third-order valence-corrected chi connectivity index (χ3v) is 2.85. The van der Waals surface area contributed by atoms with Gasteiger partial charge in [0.15, 0.2) is 6.61 Å². The van der Waals surface area contributed by atoms with E-state index in [9.17, 15) is 0 Å². The van der Waals surface area contributed by atoms with E-state index in [1.54, 1.807) is 0 Å². The summed E-state index contributed by atoms with van der Waals surface area (Å²) in [5.41, 5.74) is 0. The van der Waals surface area contributed by atoms with Crippen LogP contribution in [0.25, 0.3) is 0 Å².